The van der Waals surface area contributed by atoms with Gasteiger partial charge in [-0.15, -0.1) is 0 Å². The summed E-state index contributed by atoms with van der Waals surface area (Å²) in [5, 5.41) is 6.16. The SMILES string of the molecule is COc1ccc(CNC(=O)c2c(Cl)ccc(N)c2NC(C)C)cc1F. The predicted octanol–water partition coefficient (Wildman–Crippen LogP) is 3.82. The van der Waals surface area contributed by atoms with Crippen LogP contribution in [-0.2, 0) is 6.54 Å². The fourth-order valence-electron chi connectivity index (χ4n) is 2.35. The number of halogens is 2. The second-order valence-electron chi connectivity index (χ2n) is 5.84. The van der Waals surface area contributed by atoms with Gasteiger partial charge >= 0.3 is 0 Å². The summed E-state index contributed by atoms with van der Waals surface area (Å²) in [6.07, 6.45) is 0. The molecule has 2 aromatic rings. The van der Waals surface area contributed by atoms with Gasteiger partial charge in [0.15, 0.2) is 11.6 Å². The minimum Gasteiger partial charge on any atom is -0.494 e. The van der Waals surface area contributed by atoms with E-state index in [4.69, 9.17) is 22.1 Å². The Kier molecular flexibility index (Phi) is 6.09. The molecular formula is C18H21ClFN3O2. The molecule has 0 aliphatic heterocycles. The molecule has 0 bridgehead atoms. The van der Waals surface area contributed by atoms with Crippen LogP contribution in [0.1, 0.15) is 29.8 Å². The summed E-state index contributed by atoms with van der Waals surface area (Å²) in [4.78, 5) is 12.6. The number of amides is 1. The van der Waals surface area contributed by atoms with Gasteiger partial charge in [0.05, 0.1) is 29.1 Å². The highest BCUT2D eigenvalue weighted by molar-refractivity contribution is 6.35. The molecule has 0 aliphatic rings. The first-order valence-electron chi connectivity index (χ1n) is 7.78. The molecule has 7 heteroatoms. The Balaban J connectivity index is 2.21. The fourth-order valence-corrected chi connectivity index (χ4v) is 2.59. The fraction of sp³-hybridized carbons (Fsp3) is 0.278. The van der Waals surface area contributed by atoms with E-state index in [1.807, 2.05) is 13.8 Å². The molecule has 0 saturated carbocycles. The van der Waals surface area contributed by atoms with Gasteiger partial charge in [0.1, 0.15) is 0 Å². The zero-order valence-corrected chi connectivity index (χ0v) is 15.1. The van der Waals surface area contributed by atoms with Crippen molar-refractivity contribution in [3.8, 4) is 5.75 Å². The monoisotopic (exact) mass is 365 g/mol. The van der Waals surface area contributed by atoms with Gasteiger partial charge in [-0.2, -0.15) is 0 Å². The Morgan fingerprint density at radius 3 is 2.64 bits per heavy atom. The number of ether oxygens (including phenoxy) is 1. The van der Waals surface area contributed by atoms with E-state index in [1.54, 1.807) is 18.2 Å². The van der Waals surface area contributed by atoms with Crippen LogP contribution in [0.5, 0.6) is 5.75 Å². The van der Waals surface area contributed by atoms with Crippen LogP contribution in [0.15, 0.2) is 30.3 Å². The molecular weight excluding hydrogens is 345 g/mol. The molecule has 2 rings (SSSR count). The topological polar surface area (TPSA) is 76.4 Å². The second-order valence-corrected chi connectivity index (χ2v) is 6.24. The van der Waals surface area contributed by atoms with Crippen LogP contribution in [0.3, 0.4) is 0 Å². The lowest BCUT2D eigenvalue weighted by Gasteiger charge is -2.18. The van der Waals surface area contributed by atoms with E-state index >= 15 is 0 Å². The molecule has 4 N–H and O–H groups in total. The largest absolute Gasteiger partial charge is 0.494 e. The van der Waals surface area contributed by atoms with Crippen LogP contribution in [0.2, 0.25) is 5.02 Å². The van der Waals surface area contributed by atoms with Gasteiger partial charge in [0, 0.05) is 12.6 Å². The molecule has 0 fully saturated rings. The predicted molar refractivity (Wildman–Crippen MR) is 98.7 cm³/mol. The molecule has 25 heavy (non-hydrogen) atoms. The summed E-state index contributed by atoms with van der Waals surface area (Å²) >= 11 is 6.19. The van der Waals surface area contributed by atoms with Crippen molar-refractivity contribution in [2.75, 3.05) is 18.2 Å². The number of nitrogens with one attached hydrogen (secondary N) is 2. The van der Waals surface area contributed by atoms with E-state index in [2.05, 4.69) is 10.6 Å². The number of carbonyl (C=O) groups excluding carboxylic acids is 1. The Hall–Kier alpha value is -2.47. The third-order valence-corrected chi connectivity index (χ3v) is 3.83. The summed E-state index contributed by atoms with van der Waals surface area (Å²) < 4.78 is 18.6. The van der Waals surface area contributed by atoms with Gasteiger partial charge in [-0.25, -0.2) is 4.39 Å². The average Bonchev–Trinajstić information content (AvgIpc) is 2.56. The van der Waals surface area contributed by atoms with Crippen LogP contribution in [0.4, 0.5) is 15.8 Å². The Bertz CT molecular complexity index is 781. The maximum absolute atomic E-state index is 13.7. The molecule has 0 aromatic heterocycles. The Morgan fingerprint density at radius 1 is 1.32 bits per heavy atom. The number of nitrogens with two attached hydrogens (primary N) is 1. The van der Waals surface area contributed by atoms with Crippen LogP contribution >= 0.6 is 11.6 Å². The number of rotatable bonds is 6. The number of nitrogen functional groups attached to an aromatic ring is 1. The van der Waals surface area contributed by atoms with E-state index in [0.717, 1.165) is 0 Å². The van der Waals surface area contributed by atoms with Gasteiger partial charge < -0.3 is 21.1 Å². The molecule has 0 aliphatic carbocycles. The van der Waals surface area contributed by atoms with Crippen molar-refractivity contribution in [2.45, 2.75) is 26.4 Å². The van der Waals surface area contributed by atoms with Crippen molar-refractivity contribution in [3.63, 3.8) is 0 Å². The minimum atomic E-state index is -0.488. The summed E-state index contributed by atoms with van der Waals surface area (Å²) in [5.74, 6) is -0.729. The van der Waals surface area contributed by atoms with Crippen molar-refractivity contribution >= 4 is 28.9 Å². The normalized spacial score (nSPS) is 10.6. The summed E-state index contributed by atoms with van der Waals surface area (Å²) in [7, 11) is 1.39. The molecule has 1 amide bonds. The molecule has 0 atom stereocenters. The van der Waals surface area contributed by atoms with Crippen molar-refractivity contribution in [3.05, 3.63) is 52.3 Å². The van der Waals surface area contributed by atoms with Crippen LogP contribution in [-0.4, -0.2) is 19.1 Å². The van der Waals surface area contributed by atoms with E-state index in [1.165, 1.54) is 19.2 Å². The number of carbonyl (C=O) groups is 1. The van der Waals surface area contributed by atoms with Crippen molar-refractivity contribution in [2.24, 2.45) is 0 Å². The third kappa shape index (κ3) is 4.54. The standard InChI is InChI=1S/C18H21ClFN3O2/c1-10(2)23-17-14(21)6-5-12(19)16(17)18(24)22-9-11-4-7-15(25-3)13(20)8-11/h4-8,10,23H,9,21H2,1-3H3,(H,22,24). The molecule has 0 heterocycles. The third-order valence-electron chi connectivity index (χ3n) is 3.52. The molecule has 0 radical (unpaired) electrons. The maximum atomic E-state index is 13.7. The zero-order chi connectivity index (χ0) is 18.6. The number of hydrogen-bond acceptors (Lipinski definition) is 4. The van der Waals surface area contributed by atoms with E-state index in [0.29, 0.717) is 16.9 Å². The lowest BCUT2D eigenvalue weighted by Crippen LogP contribution is -2.26. The van der Waals surface area contributed by atoms with Gasteiger partial charge in [0.2, 0.25) is 0 Å². The number of benzene rings is 2. The maximum Gasteiger partial charge on any atom is 0.255 e. The summed E-state index contributed by atoms with van der Waals surface area (Å²) in [5.41, 5.74) is 7.76. The van der Waals surface area contributed by atoms with Crippen LogP contribution < -0.4 is 21.1 Å². The summed E-state index contributed by atoms with van der Waals surface area (Å²) in [6, 6.07) is 7.79. The molecule has 2 aromatic carbocycles. The second kappa shape index (κ2) is 8.07. The molecule has 0 saturated heterocycles. The van der Waals surface area contributed by atoms with Crippen molar-refractivity contribution < 1.29 is 13.9 Å². The van der Waals surface area contributed by atoms with Gasteiger partial charge in [0.25, 0.3) is 5.91 Å². The first kappa shape index (κ1) is 18.9. The van der Waals surface area contributed by atoms with Crippen LogP contribution in [0, 0.1) is 5.82 Å². The number of hydrogen-bond donors (Lipinski definition) is 3. The zero-order valence-electron chi connectivity index (χ0n) is 14.3. The van der Waals surface area contributed by atoms with E-state index in [-0.39, 0.29) is 28.9 Å². The summed E-state index contributed by atoms with van der Waals surface area (Å²) in [6.45, 7) is 4.01. The number of anilines is 2. The van der Waals surface area contributed by atoms with Gasteiger partial charge in [-0.1, -0.05) is 17.7 Å². The van der Waals surface area contributed by atoms with E-state index in [9.17, 15) is 9.18 Å². The van der Waals surface area contributed by atoms with Gasteiger partial charge in [-0.3, -0.25) is 4.79 Å². The van der Waals surface area contributed by atoms with E-state index < -0.39 is 11.7 Å². The van der Waals surface area contributed by atoms with Crippen LogP contribution in [0.25, 0.3) is 0 Å². The number of methoxy groups -OCH3 is 1. The molecule has 5 nitrogen and oxygen atoms in total. The quantitative estimate of drug-likeness (QED) is 0.680. The first-order chi connectivity index (χ1) is 11.8. The Morgan fingerprint density at radius 2 is 2.04 bits per heavy atom. The lowest BCUT2D eigenvalue weighted by molar-refractivity contribution is 0.0952. The molecule has 0 spiro atoms. The lowest BCUT2D eigenvalue weighted by atomic mass is 10.1. The van der Waals surface area contributed by atoms with Crippen molar-refractivity contribution in [1.29, 1.82) is 0 Å². The minimum absolute atomic E-state index is 0.0722. The average molecular weight is 366 g/mol. The first-order valence-corrected chi connectivity index (χ1v) is 8.16. The van der Waals surface area contributed by atoms with Gasteiger partial charge in [-0.05, 0) is 43.7 Å². The van der Waals surface area contributed by atoms with Crippen molar-refractivity contribution in [1.82, 2.24) is 5.32 Å². The Labute approximate surface area is 151 Å². The highest BCUT2D eigenvalue weighted by Crippen LogP contribution is 2.31. The smallest absolute Gasteiger partial charge is 0.255 e. The molecule has 134 valence electrons. The molecule has 0 unspecified atom stereocenters. The highest BCUT2D eigenvalue weighted by atomic mass is 35.5. The highest BCUT2D eigenvalue weighted by Gasteiger charge is 2.19.